The van der Waals surface area contributed by atoms with E-state index >= 15 is 0 Å². The number of ether oxygens (including phenoxy) is 1. The van der Waals surface area contributed by atoms with Crippen LogP contribution in [0.25, 0.3) is 0 Å². The Morgan fingerprint density at radius 3 is 1.92 bits per heavy atom. The molecule has 1 amide bonds. The summed E-state index contributed by atoms with van der Waals surface area (Å²) >= 11 is 0. The fourth-order valence-electron chi connectivity index (χ4n) is 2.65. The molecule has 0 aromatic rings. The molecule has 0 saturated heterocycles. The predicted molar refractivity (Wildman–Crippen MR) is 104 cm³/mol. The summed E-state index contributed by atoms with van der Waals surface area (Å²) in [5.74, 6) is 0.0997. The van der Waals surface area contributed by atoms with Crippen LogP contribution in [0.2, 0.25) is 0 Å². The zero-order valence-electron chi connectivity index (χ0n) is 16.5. The molecule has 0 unspecified atom stereocenters. The van der Waals surface area contributed by atoms with E-state index in [0.29, 0.717) is 12.8 Å². The zero-order valence-corrected chi connectivity index (χ0v) is 16.5. The lowest BCUT2D eigenvalue weighted by molar-refractivity contribution is -0.140. The molecule has 0 heterocycles. The molecule has 0 spiro atoms. The number of unbranched alkanes of at least 4 members (excludes halogenated alkanes) is 9. The van der Waals surface area contributed by atoms with Crippen molar-refractivity contribution in [3.63, 3.8) is 0 Å². The van der Waals surface area contributed by atoms with Crippen LogP contribution in [0, 0.1) is 0 Å². The predicted octanol–water partition coefficient (Wildman–Crippen LogP) is 5.31. The number of hydrogen-bond donors (Lipinski definition) is 1. The third-order valence-electron chi connectivity index (χ3n) is 4.24. The summed E-state index contributed by atoms with van der Waals surface area (Å²) in [5.41, 5.74) is 0. The zero-order chi connectivity index (χ0) is 18.6. The summed E-state index contributed by atoms with van der Waals surface area (Å²) in [6, 6.07) is 0. The highest BCUT2D eigenvalue weighted by Crippen LogP contribution is 2.10. The van der Waals surface area contributed by atoms with Gasteiger partial charge in [0.15, 0.2) is 0 Å². The minimum Gasteiger partial charge on any atom is -0.469 e. The molecule has 0 rings (SSSR count). The summed E-state index contributed by atoms with van der Waals surface area (Å²) in [6.45, 7) is 2.87. The first-order valence-corrected chi connectivity index (χ1v) is 10.2. The monoisotopic (exact) mass is 353 g/mol. The van der Waals surface area contributed by atoms with Crippen LogP contribution in [-0.4, -0.2) is 25.5 Å². The van der Waals surface area contributed by atoms with Crippen LogP contribution >= 0.6 is 0 Å². The number of carbonyl (C=O) groups is 2. The SMILES string of the molecule is CCCNC(=O)CCCCC=CCCCCCCCCCC(=O)OC. The Morgan fingerprint density at radius 1 is 0.800 bits per heavy atom. The van der Waals surface area contributed by atoms with E-state index in [0.717, 1.165) is 45.1 Å². The van der Waals surface area contributed by atoms with E-state index in [1.165, 1.54) is 45.6 Å². The molecule has 0 saturated carbocycles. The second kappa shape index (κ2) is 19.0. The van der Waals surface area contributed by atoms with Gasteiger partial charge in [-0.25, -0.2) is 0 Å². The van der Waals surface area contributed by atoms with Gasteiger partial charge in [-0.2, -0.15) is 0 Å². The molecular weight excluding hydrogens is 314 g/mol. The van der Waals surface area contributed by atoms with Crippen LogP contribution in [0.5, 0.6) is 0 Å². The van der Waals surface area contributed by atoms with Crippen LogP contribution in [0.15, 0.2) is 12.2 Å². The fraction of sp³-hybridized carbons (Fsp3) is 0.810. The van der Waals surface area contributed by atoms with Gasteiger partial charge in [-0.15, -0.1) is 0 Å². The van der Waals surface area contributed by atoms with Crippen molar-refractivity contribution in [3.8, 4) is 0 Å². The fourth-order valence-corrected chi connectivity index (χ4v) is 2.65. The summed E-state index contributed by atoms with van der Waals surface area (Å²) in [6.07, 6.45) is 19.5. The van der Waals surface area contributed by atoms with Gasteiger partial charge in [-0.05, 0) is 44.9 Å². The highest BCUT2D eigenvalue weighted by atomic mass is 16.5. The standard InChI is InChI=1S/C21H39NO3/c1-3-19-22-20(23)17-15-13-11-9-7-5-4-6-8-10-12-14-16-18-21(24)25-2/h7,9H,3-6,8,10-19H2,1-2H3,(H,22,23). The van der Waals surface area contributed by atoms with Gasteiger partial charge in [-0.1, -0.05) is 51.2 Å². The van der Waals surface area contributed by atoms with Crippen LogP contribution in [-0.2, 0) is 14.3 Å². The first kappa shape index (κ1) is 23.7. The van der Waals surface area contributed by atoms with Crippen LogP contribution in [0.1, 0.15) is 96.8 Å². The molecule has 0 aliphatic rings. The van der Waals surface area contributed by atoms with Gasteiger partial charge >= 0.3 is 5.97 Å². The van der Waals surface area contributed by atoms with Gasteiger partial charge in [-0.3, -0.25) is 9.59 Å². The minimum atomic E-state index is -0.0912. The van der Waals surface area contributed by atoms with Crippen LogP contribution in [0.3, 0.4) is 0 Å². The number of rotatable bonds is 17. The van der Waals surface area contributed by atoms with Crippen molar-refractivity contribution in [1.29, 1.82) is 0 Å². The number of allylic oxidation sites excluding steroid dienone is 2. The average Bonchev–Trinajstić information content (AvgIpc) is 2.62. The van der Waals surface area contributed by atoms with Gasteiger partial charge in [0, 0.05) is 19.4 Å². The number of esters is 1. The van der Waals surface area contributed by atoms with Gasteiger partial charge in [0.05, 0.1) is 7.11 Å². The lowest BCUT2D eigenvalue weighted by Gasteiger charge is -2.02. The number of methoxy groups -OCH3 is 1. The Labute approximate surface area is 154 Å². The molecular formula is C21H39NO3. The normalized spacial score (nSPS) is 11.0. The molecule has 0 bridgehead atoms. The van der Waals surface area contributed by atoms with Crippen LogP contribution < -0.4 is 5.32 Å². The van der Waals surface area contributed by atoms with Crippen molar-refractivity contribution in [2.75, 3.05) is 13.7 Å². The smallest absolute Gasteiger partial charge is 0.305 e. The molecule has 0 atom stereocenters. The molecule has 1 N–H and O–H groups in total. The van der Waals surface area contributed by atoms with Crippen LogP contribution in [0.4, 0.5) is 0 Å². The third-order valence-corrected chi connectivity index (χ3v) is 4.24. The highest BCUT2D eigenvalue weighted by Gasteiger charge is 1.99. The van der Waals surface area contributed by atoms with Gasteiger partial charge in [0.1, 0.15) is 0 Å². The van der Waals surface area contributed by atoms with Gasteiger partial charge < -0.3 is 10.1 Å². The summed E-state index contributed by atoms with van der Waals surface area (Å²) < 4.78 is 4.62. The molecule has 25 heavy (non-hydrogen) atoms. The van der Waals surface area contributed by atoms with Crippen molar-refractivity contribution in [1.82, 2.24) is 5.32 Å². The summed E-state index contributed by atoms with van der Waals surface area (Å²) in [4.78, 5) is 22.4. The van der Waals surface area contributed by atoms with E-state index in [1.807, 2.05) is 0 Å². The Morgan fingerprint density at radius 2 is 1.32 bits per heavy atom. The topological polar surface area (TPSA) is 55.4 Å². The third kappa shape index (κ3) is 18.9. The number of carbonyl (C=O) groups excluding carboxylic acids is 2. The summed E-state index contributed by atoms with van der Waals surface area (Å²) in [7, 11) is 1.45. The summed E-state index contributed by atoms with van der Waals surface area (Å²) in [5, 5.41) is 2.91. The quantitative estimate of drug-likeness (QED) is 0.219. The minimum absolute atomic E-state index is 0.0912. The van der Waals surface area contributed by atoms with Crippen molar-refractivity contribution in [2.45, 2.75) is 96.8 Å². The molecule has 4 nitrogen and oxygen atoms in total. The molecule has 0 aliphatic heterocycles. The second-order valence-electron chi connectivity index (χ2n) is 6.66. The number of hydrogen-bond acceptors (Lipinski definition) is 3. The van der Waals surface area contributed by atoms with E-state index < -0.39 is 0 Å². The van der Waals surface area contributed by atoms with E-state index in [1.54, 1.807) is 0 Å². The van der Waals surface area contributed by atoms with E-state index in [2.05, 4.69) is 29.1 Å². The molecule has 146 valence electrons. The molecule has 0 aliphatic carbocycles. The Hall–Kier alpha value is -1.32. The average molecular weight is 354 g/mol. The maximum atomic E-state index is 11.4. The Balaban J connectivity index is 3.20. The largest absolute Gasteiger partial charge is 0.469 e. The van der Waals surface area contributed by atoms with Crippen molar-refractivity contribution in [2.24, 2.45) is 0 Å². The Kier molecular flexibility index (Phi) is 18.0. The number of amides is 1. The first-order chi connectivity index (χ1) is 12.2. The van der Waals surface area contributed by atoms with Gasteiger partial charge in [0.25, 0.3) is 0 Å². The lowest BCUT2D eigenvalue weighted by atomic mass is 10.1. The molecule has 4 heteroatoms. The maximum absolute atomic E-state index is 11.4. The number of nitrogens with one attached hydrogen (secondary N) is 1. The maximum Gasteiger partial charge on any atom is 0.305 e. The Bertz CT molecular complexity index is 353. The van der Waals surface area contributed by atoms with Crippen molar-refractivity contribution >= 4 is 11.9 Å². The lowest BCUT2D eigenvalue weighted by Crippen LogP contribution is -2.23. The molecule has 0 fully saturated rings. The molecule has 0 aromatic heterocycles. The molecule has 0 aromatic carbocycles. The molecule has 0 radical (unpaired) electrons. The first-order valence-electron chi connectivity index (χ1n) is 10.2. The van der Waals surface area contributed by atoms with Gasteiger partial charge in [0.2, 0.25) is 5.91 Å². The second-order valence-corrected chi connectivity index (χ2v) is 6.66. The highest BCUT2D eigenvalue weighted by molar-refractivity contribution is 5.75. The van der Waals surface area contributed by atoms with E-state index in [4.69, 9.17) is 0 Å². The van der Waals surface area contributed by atoms with E-state index in [9.17, 15) is 9.59 Å². The van der Waals surface area contributed by atoms with E-state index in [-0.39, 0.29) is 11.9 Å². The van der Waals surface area contributed by atoms with Crippen molar-refractivity contribution < 1.29 is 14.3 Å². The van der Waals surface area contributed by atoms with Crippen molar-refractivity contribution in [3.05, 3.63) is 12.2 Å².